The number of nitrogens with one attached hydrogen (secondary N) is 1. The molecule has 2 N–H and O–H groups in total. The van der Waals surface area contributed by atoms with Crippen molar-refractivity contribution in [3.05, 3.63) is 47.2 Å². The molecular formula is C34H45FN4O6Si. The monoisotopic (exact) mass is 652 g/mol. The lowest BCUT2D eigenvalue weighted by Gasteiger charge is -2.39. The van der Waals surface area contributed by atoms with Gasteiger partial charge in [0.1, 0.15) is 11.4 Å². The molecule has 0 spiro atoms. The van der Waals surface area contributed by atoms with E-state index >= 15 is 4.39 Å². The summed E-state index contributed by atoms with van der Waals surface area (Å²) in [5.74, 6) is -0.486. The van der Waals surface area contributed by atoms with Gasteiger partial charge in [0.05, 0.1) is 24.4 Å². The van der Waals surface area contributed by atoms with Crippen LogP contribution in [0.25, 0.3) is 21.9 Å². The van der Waals surface area contributed by atoms with E-state index in [-0.39, 0.29) is 34.8 Å². The van der Waals surface area contributed by atoms with Crippen molar-refractivity contribution in [2.75, 3.05) is 23.4 Å². The largest absolute Gasteiger partial charge is 0.465 e. The third kappa shape index (κ3) is 6.61. The van der Waals surface area contributed by atoms with Crippen molar-refractivity contribution < 1.29 is 33.0 Å². The molecule has 10 nitrogen and oxygen atoms in total. The maximum absolute atomic E-state index is 16.7. The second kappa shape index (κ2) is 12.2. The fourth-order valence-electron chi connectivity index (χ4n) is 5.91. The Kier molecular flexibility index (Phi) is 8.95. The number of aryl methyl sites for hydroxylation is 1. The van der Waals surface area contributed by atoms with Gasteiger partial charge in [-0.1, -0.05) is 20.8 Å². The summed E-state index contributed by atoms with van der Waals surface area (Å²) in [6.45, 7) is 18.9. The van der Waals surface area contributed by atoms with Crippen LogP contribution in [-0.2, 0) is 20.3 Å². The van der Waals surface area contributed by atoms with Gasteiger partial charge in [-0.2, -0.15) is 0 Å². The SMILES string of the molecule is Cc1c(-c2cc3cc(N(C(=O)O)[C@@H]4CCOC4)ncc3c(NC(=O)OC(C)(C)C)c2F)cnc2c1C(O[Si](C)(C)C(C)(C)C)CC2. The summed E-state index contributed by atoms with van der Waals surface area (Å²) < 4.78 is 34.5. The summed E-state index contributed by atoms with van der Waals surface area (Å²) in [5, 5.41) is 13.5. The van der Waals surface area contributed by atoms with Gasteiger partial charge in [0, 0.05) is 46.8 Å². The van der Waals surface area contributed by atoms with Gasteiger partial charge < -0.3 is 19.0 Å². The number of aromatic nitrogens is 2. The van der Waals surface area contributed by atoms with Gasteiger partial charge >= 0.3 is 12.2 Å². The number of amides is 2. The molecule has 2 atom stereocenters. The zero-order valence-electron chi connectivity index (χ0n) is 28.2. The first-order valence-corrected chi connectivity index (χ1v) is 18.7. The highest BCUT2D eigenvalue weighted by molar-refractivity contribution is 6.74. The van der Waals surface area contributed by atoms with Crippen LogP contribution in [0.2, 0.25) is 18.1 Å². The number of carbonyl (C=O) groups is 2. The predicted octanol–water partition coefficient (Wildman–Crippen LogP) is 8.37. The van der Waals surface area contributed by atoms with Gasteiger partial charge in [-0.05, 0) is 88.2 Å². The lowest BCUT2D eigenvalue weighted by molar-refractivity contribution is 0.0635. The fourth-order valence-corrected chi connectivity index (χ4v) is 7.21. The molecule has 1 fully saturated rings. The van der Waals surface area contributed by atoms with Crippen molar-refractivity contribution in [3.8, 4) is 11.1 Å². The standard InChI is InChI=1S/C34H45FN4O6Si/c1-19-23(16-36-25-10-11-26(28(19)25)45-46(8,9)34(5,6)7)22-14-20-15-27(39(32(41)42)21-12-13-43-18-21)37-17-24(20)30(29(22)35)38-31(40)44-33(2,3)4/h14-17,21,26H,10-13,18H2,1-9H3,(H,38,40)(H,41,42)/t21-,26?/m1/s1. The number of nitrogens with zero attached hydrogens (tertiary/aromatic N) is 3. The average Bonchev–Trinajstić information content (AvgIpc) is 3.59. The minimum Gasteiger partial charge on any atom is -0.465 e. The molecule has 12 heteroatoms. The number of hydrogen-bond donors (Lipinski definition) is 2. The van der Waals surface area contributed by atoms with Crippen molar-refractivity contribution in [2.45, 2.75) is 104 Å². The summed E-state index contributed by atoms with van der Waals surface area (Å²) in [6, 6.07) is 2.86. The number of carbonyl (C=O) groups excluding carboxylic acids is 1. The molecule has 5 rings (SSSR count). The molecule has 1 aliphatic heterocycles. The van der Waals surface area contributed by atoms with Crippen molar-refractivity contribution in [1.82, 2.24) is 9.97 Å². The Morgan fingerprint density at radius 3 is 2.41 bits per heavy atom. The van der Waals surface area contributed by atoms with E-state index in [1.807, 2.05) is 6.92 Å². The van der Waals surface area contributed by atoms with Crippen LogP contribution in [0.15, 0.2) is 24.5 Å². The summed E-state index contributed by atoms with van der Waals surface area (Å²) in [7, 11) is -2.12. The highest BCUT2D eigenvalue weighted by atomic mass is 28.4. The predicted molar refractivity (Wildman–Crippen MR) is 179 cm³/mol. The number of carboxylic acid groups (broad SMARTS) is 1. The van der Waals surface area contributed by atoms with Crippen LogP contribution in [0, 0.1) is 12.7 Å². The van der Waals surface area contributed by atoms with Gasteiger partial charge in [-0.3, -0.25) is 15.2 Å². The molecule has 3 heterocycles. The Hall–Kier alpha value is -3.61. The second-order valence-corrected chi connectivity index (χ2v) is 19.5. The van der Waals surface area contributed by atoms with Crippen LogP contribution in [0.3, 0.4) is 0 Å². The first-order valence-electron chi connectivity index (χ1n) is 15.8. The molecule has 1 aromatic carbocycles. The molecule has 1 saturated heterocycles. The zero-order chi connectivity index (χ0) is 33.8. The Morgan fingerprint density at radius 1 is 1.09 bits per heavy atom. The van der Waals surface area contributed by atoms with E-state index in [2.05, 4.69) is 44.2 Å². The van der Waals surface area contributed by atoms with E-state index in [1.165, 1.54) is 11.1 Å². The highest BCUT2D eigenvalue weighted by Gasteiger charge is 2.42. The molecule has 2 aromatic heterocycles. The summed E-state index contributed by atoms with van der Waals surface area (Å²) in [6.07, 6.45) is 3.02. The lowest BCUT2D eigenvalue weighted by atomic mass is 9.94. The summed E-state index contributed by atoms with van der Waals surface area (Å²) in [4.78, 5) is 35.6. The highest BCUT2D eigenvalue weighted by Crippen LogP contribution is 2.46. The number of hydrogen-bond acceptors (Lipinski definition) is 7. The van der Waals surface area contributed by atoms with Crippen LogP contribution in [-0.4, -0.2) is 60.4 Å². The maximum atomic E-state index is 16.7. The Balaban J connectivity index is 1.67. The first kappa shape index (κ1) is 33.7. The molecule has 3 aromatic rings. The molecule has 2 aliphatic rings. The molecule has 0 bridgehead atoms. The van der Waals surface area contributed by atoms with Gasteiger partial charge in [-0.15, -0.1) is 0 Å². The van der Waals surface area contributed by atoms with Gasteiger partial charge in [0.25, 0.3) is 0 Å². The quantitative estimate of drug-likeness (QED) is 0.255. The molecule has 2 amide bonds. The van der Waals surface area contributed by atoms with E-state index in [9.17, 15) is 14.7 Å². The lowest BCUT2D eigenvalue weighted by Crippen LogP contribution is -2.41. The second-order valence-electron chi connectivity index (χ2n) is 14.7. The fraction of sp³-hybridized carbons (Fsp3) is 0.529. The third-order valence-electron chi connectivity index (χ3n) is 9.26. The van der Waals surface area contributed by atoms with Crippen molar-refractivity contribution in [1.29, 1.82) is 0 Å². The molecule has 46 heavy (non-hydrogen) atoms. The number of pyridine rings is 2. The molecular weight excluding hydrogens is 607 g/mol. The van der Waals surface area contributed by atoms with E-state index in [0.717, 1.165) is 29.7 Å². The van der Waals surface area contributed by atoms with E-state index in [0.29, 0.717) is 29.4 Å². The number of benzene rings is 1. The average molecular weight is 653 g/mol. The van der Waals surface area contributed by atoms with Crippen LogP contribution in [0.4, 0.5) is 25.5 Å². The van der Waals surface area contributed by atoms with E-state index in [1.54, 1.807) is 39.1 Å². The Labute approximate surface area is 270 Å². The van der Waals surface area contributed by atoms with Crippen LogP contribution >= 0.6 is 0 Å². The number of anilines is 2. The number of ether oxygens (including phenoxy) is 2. The minimum absolute atomic E-state index is 0.0155. The van der Waals surface area contributed by atoms with E-state index in [4.69, 9.17) is 18.9 Å². The maximum Gasteiger partial charge on any atom is 0.413 e. The summed E-state index contributed by atoms with van der Waals surface area (Å²) >= 11 is 0. The number of fused-ring (bicyclic) bond motifs is 2. The smallest absolute Gasteiger partial charge is 0.413 e. The van der Waals surface area contributed by atoms with Crippen molar-refractivity contribution in [3.63, 3.8) is 0 Å². The van der Waals surface area contributed by atoms with Gasteiger partial charge in [0.15, 0.2) is 14.1 Å². The van der Waals surface area contributed by atoms with Crippen molar-refractivity contribution in [2.24, 2.45) is 0 Å². The van der Waals surface area contributed by atoms with Crippen LogP contribution < -0.4 is 10.2 Å². The minimum atomic E-state index is -2.12. The molecule has 1 unspecified atom stereocenters. The Morgan fingerprint density at radius 2 is 1.80 bits per heavy atom. The zero-order valence-corrected chi connectivity index (χ0v) is 29.2. The van der Waals surface area contributed by atoms with Crippen LogP contribution in [0.5, 0.6) is 0 Å². The molecule has 0 radical (unpaired) electrons. The third-order valence-corrected chi connectivity index (χ3v) is 13.7. The molecule has 0 saturated carbocycles. The normalized spacial score (nSPS) is 18.5. The van der Waals surface area contributed by atoms with Crippen molar-refractivity contribution >= 4 is 42.8 Å². The topological polar surface area (TPSA) is 123 Å². The van der Waals surface area contributed by atoms with E-state index < -0.39 is 38.0 Å². The molecule has 248 valence electrons. The van der Waals surface area contributed by atoms with Gasteiger partial charge in [-0.25, -0.2) is 19.0 Å². The number of halogens is 1. The molecule has 1 aliphatic carbocycles. The Bertz CT molecular complexity index is 1680. The first-order chi connectivity index (χ1) is 21.4. The van der Waals surface area contributed by atoms with Crippen LogP contribution in [0.1, 0.15) is 77.3 Å². The summed E-state index contributed by atoms with van der Waals surface area (Å²) in [5.41, 5.74) is 2.64. The number of rotatable bonds is 6. The van der Waals surface area contributed by atoms with Gasteiger partial charge in [0.2, 0.25) is 0 Å².